The van der Waals surface area contributed by atoms with Crippen molar-refractivity contribution in [3.8, 4) is 0 Å². The highest BCUT2D eigenvalue weighted by Crippen LogP contribution is 2.07. The van der Waals surface area contributed by atoms with Gasteiger partial charge in [-0.2, -0.15) is 0 Å². The Hall–Kier alpha value is -0.980. The Morgan fingerprint density at radius 2 is 2.31 bits per heavy atom. The van der Waals surface area contributed by atoms with Crippen LogP contribution in [0.3, 0.4) is 0 Å². The summed E-state index contributed by atoms with van der Waals surface area (Å²) in [5.41, 5.74) is 0.566. The molecule has 4 nitrogen and oxygen atoms in total. The van der Waals surface area contributed by atoms with E-state index in [4.69, 9.17) is 0 Å². The number of ether oxygens (including phenoxy) is 1. The number of aldehydes is 1. The van der Waals surface area contributed by atoms with Gasteiger partial charge in [-0.3, -0.25) is 4.79 Å². The highest BCUT2D eigenvalue weighted by molar-refractivity contribution is 14.1. The second-order valence-electron chi connectivity index (χ2n) is 2.22. The molecule has 0 aliphatic carbocycles. The third kappa shape index (κ3) is 2.48. The number of hydrogen-bond donors (Lipinski definition) is 0. The van der Waals surface area contributed by atoms with E-state index in [1.165, 1.54) is 13.2 Å². The van der Waals surface area contributed by atoms with Crippen LogP contribution in [0.2, 0.25) is 0 Å². The third-order valence-electron chi connectivity index (χ3n) is 1.35. The van der Waals surface area contributed by atoms with Crippen molar-refractivity contribution in [2.24, 2.45) is 0 Å². The van der Waals surface area contributed by atoms with E-state index in [1.807, 2.05) is 22.6 Å². The molecule has 1 rings (SSSR count). The summed E-state index contributed by atoms with van der Waals surface area (Å²) in [5, 5.41) is 0. The molecule has 0 aromatic carbocycles. The third-order valence-corrected chi connectivity index (χ3v) is 1.90. The summed E-state index contributed by atoms with van der Waals surface area (Å²) < 4.78 is 5.06. The van der Waals surface area contributed by atoms with Gasteiger partial charge in [-0.1, -0.05) is 0 Å². The summed E-state index contributed by atoms with van der Waals surface area (Å²) in [7, 11) is 1.27. The number of pyridine rings is 1. The van der Waals surface area contributed by atoms with Crippen molar-refractivity contribution in [2.75, 3.05) is 7.11 Å². The molecule has 68 valence electrons. The van der Waals surface area contributed by atoms with Gasteiger partial charge < -0.3 is 4.74 Å². The maximum atomic E-state index is 11.0. The lowest BCUT2D eigenvalue weighted by Crippen LogP contribution is -2.06. The number of nitrogens with zero attached hydrogens (tertiary/aromatic N) is 1. The van der Waals surface area contributed by atoms with Gasteiger partial charge in [0.25, 0.3) is 0 Å². The van der Waals surface area contributed by atoms with Gasteiger partial charge in [0.15, 0.2) is 0 Å². The fourth-order valence-corrected chi connectivity index (χ4v) is 1.41. The average Bonchev–Trinajstić information content (AvgIpc) is 2.15. The van der Waals surface area contributed by atoms with Crippen molar-refractivity contribution in [3.05, 3.63) is 27.1 Å². The molecule has 5 heteroatoms. The van der Waals surface area contributed by atoms with Crippen LogP contribution in [-0.4, -0.2) is 24.3 Å². The lowest BCUT2D eigenvalue weighted by atomic mass is 10.2. The predicted molar refractivity (Wildman–Crippen MR) is 53.7 cm³/mol. The second-order valence-corrected chi connectivity index (χ2v) is 3.32. The van der Waals surface area contributed by atoms with Crippen molar-refractivity contribution < 1.29 is 14.3 Å². The van der Waals surface area contributed by atoms with E-state index in [-0.39, 0.29) is 5.69 Å². The SMILES string of the molecule is COC(=O)c1cc(C=O)cc(I)n1. The van der Waals surface area contributed by atoms with Gasteiger partial charge in [-0.15, -0.1) is 0 Å². The normalized spacial score (nSPS) is 9.38. The first kappa shape index (κ1) is 10.1. The minimum atomic E-state index is -0.540. The highest BCUT2D eigenvalue weighted by atomic mass is 127. The first-order chi connectivity index (χ1) is 6.17. The van der Waals surface area contributed by atoms with Crippen LogP contribution in [0.1, 0.15) is 20.8 Å². The zero-order chi connectivity index (χ0) is 9.84. The number of methoxy groups -OCH3 is 1. The van der Waals surface area contributed by atoms with Crippen LogP contribution in [-0.2, 0) is 4.74 Å². The molecule has 13 heavy (non-hydrogen) atoms. The topological polar surface area (TPSA) is 56.3 Å². The maximum absolute atomic E-state index is 11.0. The monoisotopic (exact) mass is 291 g/mol. The number of rotatable bonds is 2. The lowest BCUT2D eigenvalue weighted by Gasteiger charge is -1.99. The average molecular weight is 291 g/mol. The Morgan fingerprint density at radius 1 is 1.62 bits per heavy atom. The number of halogens is 1. The van der Waals surface area contributed by atoms with Crippen LogP contribution < -0.4 is 0 Å². The molecule has 0 fully saturated rings. The van der Waals surface area contributed by atoms with Crippen LogP contribution in [0.15, 0.2) is 12.1 Å². The standard InChI is InChI=1S/C8H6INO3/c1-13-8(12)6-2-5(4-11)3-7(9)10-6/h2-4H,1H3. The van der Waals surface area contributed by atoms with Crippen molar-refractivity contribution in [2.45, 2.75) is 0 Å². The van der Waals surface area contributed by atoms with E-state index < -0.39 is 5.97 Å². The predicted octanol–water partition coefficient (Wildman–Crippen LogP) is 1.29. The van der Waals surface area contributed by atoms with E-state index in [0.717, 1.165) is 0 Å². The fourth-order valence-electron chi connectivity index (χ4n) is 0.794. The van der Waals surface area contributed by atoms with Crippen LogP contribution in [0.25, 0.3) is 0 Å². The zero-order valence-electron chi connectivity index (χ0n) is 6.78. The second kappa shape index (κ2) is 4.31. The van der Waals surface area contributed by atoms with Gasteiger partial charge in [0.05, 0.1) is 7.11 Å². The number of carbonyl (C=O) groups excluding carboxylic acids is 2. The van der Waals surface area contributed by atoms with Gasteiger partial charge in [0, 0.05) is 5.56 Å². The highest BCUT2D eigenvalue weighted by Gasteiger charge is 2.08. The molecule has 0 aliphatic rings. The Balaban J connectivity index is 3.15. The summed E-state index contributed by atoms with van der Waals surface area (Å²) >= 11 is 1.93. The Bertz CT molecular complexity index is 351. The van der Waals surface area contributed by atoms with Crippen molar-refractivity contribution in [1.29, 1.82) is 0 Å². The van der Waals surface area contributed by atoms with Gasteiger partial charge >= 0.3 is 5.97 Å². The van der Waals surface area contributed by atoms with Crippen molar-refractivity contribution >= 4 is 34.8 Å². The molecule has 0 bridgehead atoms. The Kier molecular flexibility index (Phi) is 3.35. The Morgan fingerprint density at radius 3 is 2.85 bits per heavy atom. The fraction of sp³-hybridized carbons (Fsp3) is 0.125. The smallest absolute Gasteiger partial charge is 0.356 e. The molecule has 1 aromatic heterocycles. The minimum Gasteiger partial charge on any atom is -0.464 e. The Labute approximate surface area is 88.4 Å². The van der Waals surface area contributed by atoms with Crippen LogP contribution in [0.4, 0.5) is 0 Å². The molecule has 0 saturated heterocycles. The van der Waals surface area contributed by atoms with E-state index >= 15 is 0 Å². The molecule has 0 unspecified atom stereocenters. The first-order valence-electron chi connectivity index (χ1n) is 3.38. The number of esters is 1. The molecular weight excluding hydrogens is 285 g/mol. The summed E-state index contributed by atoms with van der Waals surface area (Å²) in [6, 6.07) is 2.97. The number of hydrogen-bond acceptors (Lipinski definition) is 4. The summed E-state index contributed by atoms with van der Waals surface area (Å²) in [5.74, 6) is -0.540. The van der Waals surface area contributed by atoms with Gasteiger partial charge in [-0.05, 0) is 34.7 Å². The van der Waals surface area contributed by atoms with Crippen LogP contribution in [0.5, 0.6) is 0 Å². The van der Waals surface area contributed by atoms with Crippen LogP contribution in [0, 0.1) is 3.70 Å². The van der Waals surface area contributed by atoms with Crippen LogP contribution >= 0.6 is 22.6 Å². The first-order valence-corrected chi connectivity index (χ1v) is 4.46. The van der Waals surface area contributed by atoms with Gasteiger partial charge in [-0.25, -0.2) is 9.78 Å². The van der Waals surface area contributed by atoms with Crippen molar-refractivity contribution in [1.82, 2.24) is 4.98 Å². The van der Waals surface area contributed by atoms with E-state index in [0.29, 0.717) is 15.6 Å². The summed E-state index contributed by atoms with van der Waals surface area (Å²) in [4.78, 5) is 25.4. The van der Waals surface area contributed by atoms with E-state index in [2.05, 4.69) is 9.72 Å². The maximum Gasteiger partial charge on any atom is 0.356 e. The van der Waals surface area contributed by atoms with E-state index in [1.54, 1.807) is 6.07 Å². The van der Waals surface area contributed by atoms with Gasteiger partial charge in [0.2, 0.25) is 0 Å². The summed E-state index contributed by atoms with van der Waals surface area (Å²) in [6.07, 6.45) is 0.663. The lowest BCUT2D eigenvalue weighted by molar-refractivity contribution is 0.0594. The number of carbonyl (C=O) groups is 2. The molecule has 0 spiro atoms. The molecule has 0 amide bonds. The quantitative estimate of drug-likeness (QED) is 0.356. The summed E-state index contributed by atoms with van der Waals surface area (Å²) in [6.45, 7) is 0. The molecule has 1 aromatic rings. The minimum absolute atomic E-state index is 0.150. The number of aromatic nitrogens is 1. The zero-order valence-corrected chi connectivity index (χ0v) is 8.94. The molecule has 1 heterocycles. The molecule has 0 atom stereocenters. The van der Waals surface area contributed by atoms with Crippen molar-refractivity contribution in [3.63, 3.8) is 0 Å². The molecule has 0 saturated carbocycles. The van der Waals surface area contributed by atoms with E-state index in [9.17, 15) is 9.59 Å². The molecule has 0 aliphatic heterocycles. The molecular formula is C8H6INO3. The largest absolute Gasteiger partial charge is 0.464 e. The molecule has 0 N–H and O–H groups in total. The van der Waals surface area contributed by atoms with Gasteiger partial charge in [0.1, 0.15) is 15.7 Å². The molecule has 0 radical (unpaired) electrons.